The van der Waals surface area contributed by atoms with E-state index in [1.807, 2.05) is 20.2 Å². The molecule has 5 heteroatoms. The minimum absolute atomic E-state index is 0.0727. The maximum atomic E-state index is 13.7. The van der Waals surface area contributed by atoms with Gasteiger partial charge in [-0.2, -0.15) is 0 Å². The summed E-state index contributed by atoms with van der Waals surface area (Å²) >= 11 is 0. The highest BCUT2D eigenvalue weighted by molar-refractivity contribution is 5.78. The lowest BCUT2D eigenvalue weighted by Crippen LogP contribution is -2.67. The number of nitrogens with one attached hydrogen (secondary N) is 1. The second-order valence-corrected chi connectivity index (χ2v) is 7.73. The van der Waals surface area contributed by atoms with Crippen molar-refractivity contribution in [2.45, 2.75) is 36.8 Å². The van der Waals surface area contributed by atoms with Crippen molar-refractivity contribution in [2.75, 3.05) is 27.2 Å². The van der Waals surface area contributed by atoms with E-state index in [9.17, 15) is 9.18 Å². The van der Waals surface area contributed by atoms with Crippen molar-refractivity contribution in [3.63, 3.8) is 0 Å². The van der Waals surface area contributed by atoms with Crippen molar-refractivity contribution in [1.82, 2.24) is 15.1 Å². The lowest BCUT2D eigenvalue weighted by molar-refractivity contribution is -0.0686. The Hall–Kier alpha value is -1.62. The molecule has 0 aromatic heterocycles. The molecule has 1 aliphatic heterocycles. The number of amides is 2. The topological polar surface area (TPSA) is 35.6 Å². The molecule has 124 valence electrons. The Morgan fingerprint density at radius 3 is 2.70 bits per heavy atom. The van der Waals surface area contributed by atoms with Gasteiger partial charge in [0.25, 0.3) is 0 Å². The van der Waals surface area contributed by atoms with Crippen molar-refractivity contribution in [1.29, 1.82) is 0 Å². The molecular weight excluding hydrogens is 293 g/mol. The Morgan fingerprint density at radius 2 is 2.09 bits per heavy atom. The van der Waals surface area contributed by atoms with Crippen molar-refractivity contribution in [3.8, 4) is 0 Å². The maximum absolute atomic E-state index is 13.7. The highest BCUT2D eigenvalue weighted by Crippen LogP contribution is 2.56. The van der Waals surface area contributed by atoms with Gasteiger partial charge < -0.3 is 10.2 Å². The Balaban J connectivity index is 1.62. The Morgan fingerprint density at radius 1 is 1.35 bits per heavy atom. The lowest BCUT2D eigenvalue weighted by atomic mass is 9.58. The minimum Gasteiger partial charge on any atom is -0.336 e. The zero-order valence-corrected chi connectivity index (χ0v) is 13.8. The number of nitrogens with zero attached hydrogens (tertiary/aromatic N) is 2. The molecule has 1 aromatic rings. The van der Waals surface area contributed by atoms with Gasteiger partial charge in [-0.05, 0) is 63.4 Å². The molecule has 1 saturated heterocycles. The van der Waals surface area contributed by atoms with Crippen LogP contribution in [0.2, 0.25) is 0 Å². The fourth-order valence-corrected chi connectivity index (χ4v) is 4.39. The highest BCUT2D eigenvalue weighted by Gasteiger charge is 2.63. The van der Waals surface area contributed by atoms with Crippen LogP contribution in [-0.2, 0) is 5.54 Å². The third kappa shape index (κ3) is 2.24. The predicted molar refractivity (Wildman–Crippen MR) is 86.6 cm³/mol. The molecule has 3 aliphatic rings. The fraction of sp³-hybridized carbons (Fsp3) is 0.611. The molecular formula is C18H24FN3O. The molecule has 23 heavy (non-hydrogen) atoms. The van der Waals surface area contributed by atoms with Crippen LogP contribution in [0.5, 0.6) is 0 Å². The van der Waals surface area contributed by atoms with Crippen LogP contribution in [0.15, 0.2) is 24.3 Å². The quantitative estimate of drug-likeness (QED) is 0.926. The summed E-state index contributed by atoms with van der Waals surface area (Å²) in [5.41, 5.74) is 0.728. The minimum atomic E-state index is -0.194. The summed E-state index contributed by atoms with van der Waals surface area (Å²) in [7, 11) is 4.10. The zero-order chi connectivity index (χ0) is 16.2. The number of benzene rings is 1. The summed E-state index contributed by atoms with van der Waals surface area (Å²) in [4.78, 5) is 16.5. The van der Waals surface area contributed by atoms with Gasteiger partial charge in [-0.15, -0.1) is 0 Å². The average molecular weight is 317 g/mol. The van der Waals surface area contributed by atoms with Gasteiger partial charge in [0.05, 0.1) is 11.1 Å². The monoisotopic (exact) mass is 317 g/mol. The van der Waals surface area contributed by atoms with E-state index in [0.29, 0.717) is 12.5 Å². The van der Waals surface area contributed by atoms with Crippen molar-refractivity contribution >= 4 is 6.03 Å². The van der Waals surface area contributed by atoms with Crippen LogP contribution >= 0.6 is 0 Å². The summed E-state index contributed by atoms with van der Waals surface area (Å²) in [6, 6.07) is 6.99. The van der Waals surface area contributed by atoms with Gasteiger partial charge in [-0.3, -0.25) is 4.90 Å². The van der Waals surface area contributed by atoms with Crippen LogP contribution in [0.4, 0.5) is 9.18 Å². The Labute approximate surface area is 136 Å². The molecule has 2 saturated carbocycles. The fourth-order valence-electron chi connectivity index (χ4n) is 4.39. The zero-order valence-electron chi connectivity index (χ0n) is 13.8. The van der Waals surface area contributed by atoms with E-state index in [1.165, 1.54) is 18.9 Å². The van der Waals surface area contributed by atoms with E-state index in [1.54, 1.807) is 12.1 Å². The number of rotatable bonds is 4. The van der Waals surface area contributed by atoms with E-state index in [0.717, 1.165) is 24.9 Å². The third-order valence-electron chi connectivity index (χ3n) is 5.99. The van der Waals surface area contributed by atoms with E-state index >= 15 is 0 Å². The van der Waals surface area contributed by atoms with Gasteiger partial charge in [0.2, 0.25) is 0 Å². The summed E-state index contributed by atoms with van der Waals surface area (Å²) in [5, 5.41) is 3.03. The number of urea groups is 1. The van der Waals surface area contributed by atoms with Gasteiger partial charge in [-0.1, -0.05) is 12.1 Å². The third-order valence-corrected chi connectivity index (χ3v) is 5.99. The Kier molecular flexibility index (Phi) is 3.21. The van der Waals surface area contributed by atoms with Crippen molar-refractivity contribution in [2.24, 2.45) is 5.92 Å². The second kappa shape index (κ2) is 4.94. The smallest absolute Gasteiger partial charge is 0.318 e. The van der Waals surface area contributed by atoms with E-state index < -0.39 is 0 Å². The van der Waals surface area contributed by atoms with Gasteiger partial charge in [-0.25, -0.2) is 9.18 Å². The predicted octanol–water partition coefficient (Wildman–Crippen LogP) is 2.55. The summed E-state index contributed by atoms with van der Waals surface area (Å²) in [6.07, 6.45) is 4.20. The molecule has 0 bridgehead atoms. The van der Waals surface area contributed by atoms with Crippen LogP contribution in [0.3, 0.4) is 0 Å². The van der Waals surface area contributed by atoms with E-state index in [4.69, 9.17) is 0 Å². The van der Waals surface area contributed by atoms with Gasteiger partial charge >= 0.3 is 6.03 Å². The first-order chi connectivity index (χ1) is 11.0. The van der Waals surface area contributed by atoms with Gasteiger partial charge in [0.1, 0.15) is 5.82 Å². The lowest BCUT2D eigenvalue weighted by Gasteiger charge is -2.60. The molecule has 0 unspecified atom stereocenters. The van der Waals surface area contributed by atoms with Crippen LogP contribution in [0.1, 0.15) is 31.2 Å². The first kappa shape index (κ1) is 14.9. The largest absolute Gasteiger partial charge is 0.336 e. The molecule has 2 aliphatic carbocycles. The molecule has 0 radical (unpaired) electrons. The van der Waals surface area contributed by atoms with Crippen LogP contribution in [0.25, 0.3) is 0 Å². The number of hydrogen-bond acceptors (Lipinski definition) is 2. The van der Waals surface area contributed by atoms with Gasteiger partial charge in [0, 0.05) is 13.1 Å². The SMILES string of the molecule is CN(C)C1(c2cccc(F)c2)CC2(CNC(=O)N2CC2CC2)C1. The normalized spacial score (nSPS) is 33.2. The standard InChI is InChI=1S/C18H24FN3O/c1-21(2)18(14-4-3-5-15(19)8-14)10-17(11-18)12-20-16(23)22(17)9-13-6-7-13/h3-5,8,13H,6-7,9-12H2,1-2H3,(H,20,23). The number of carbonyl (C=O) groups excluding carboxylic acids is 1. The van der Waals surface area contributed by atoms with Gasteiger partial charge in [0.15, 0.2) is 0 Å². The first-order valence-electron chi connectivity index (χ1n) is 8.44. The molecule has 0 atom stereocenters. The average Bonchev–Trinajstić information content (AvgIpc) is 3.22. The van der Waals surface area contributed by atoms with Crippen LogP contribution < -0.4 is 5.32 Å². The molecule has 4 rings (SSSR count). The molecule has 3 fully saturated rings. The number of hydrogen-bond donors (Lipinski definition) is 1. The van der Waals surface area contributed by atoms with E-state index in [-0.39, 0.29) is 22.9 Å². The number of carbonyl (C=O) groups is 1. The van der Waals surface area contributed by atoms with Crippen LogP contribution in [-0.4, -0.2) is 48.6 Å². The Bertz CT molecular complexity index is 635. The van der Waals surface area contributed by atoms with Crippen molar-refractivity contribution in [3.05, 3.63) is 35.6 Å². The molecule has 2 amide bonds. The second-order valence-electron chi connectivity index (χ2n) is 7.73. The number of halogens is 1. The summed E-state index contributed by atoms with van der Waals surface area (Å²) < 4.78 is 13.7. The molecule has 4 nitrogen and oxygen atoms in total. The molecule has 1 heterocycles. The van der Waals surface area contributed by atoms with Crippen LogP contribution in [0, 0.1) is 11.7 Å². The maximum Gasteiger partial charge on any atom is 0.318 e. The van der Waals surface area contributed by atoms with E-state index in [2.05, 4.69) is 15.1 Å². The summed E-state index contributed by atoms with van der Waals surface area (Å²) in [5.74, 6) is 0.486. The molecule has 1 N–H and O–H groups in total. The highest BCUT2D eigenvalue weighted by atomic mass is 19.1. The molecule has 1 aromatic carbocycles. The van der Waals surface area contributed by atoms with Crippen molar-refractivity contribution < 1.29 is 9.18 Å². The molecule has 1 spiro atoms. The summed E-state index contributed by atoms with van der Waals surface area (Å²) in [6.45, 7) is 1.59. The first-order valence-corrected chi connectivity index (χ1v) is 8.44.